The fourth-order valence-corrected chi connectivity index (χ4v) is 3.57. The first kappa shape index (κ1) is 20.5. The van der Waals surface area contributed by atoms with Gasteiger partial charge in [-0.1, -0.05) is 53.5 Å². The Morgan fingerprint density at radius 1 is 0.633 bits per heavy atom. The maximum absolute atomic E-state index is 5.95. The second kappa shape index (κ2) is 9.84. The second-order valence-electron chi connectivity index (χ2n) is 7.21. The van der Waals surface area contributed by atoms with E-state index in [9.17, 15) is 0 Å². The predicted molar refractivity (Wildman–Crippen MR) is 129 cm³/mol. The van der Waals surface area contributed by atoms with Crippen molar-refractivity contribution in [1.82, 2.24) is 4.98 Å². The molecule has 0 aliphatic carbocycles. The largest absolute Gasteiger partial charge is 0.385 e. The van der Waals surface area contributed by atoms with E-state index in [0.29, 0.717) is 0 Å². The van der Waals surface area contributed by atoms with Crippen LogP contribution in [-0.2, 0) is 12.8 Å². The van der Waals surface area contributed by atoms with Crippen LogP contribution in [0.1, 0.15) is 11.1 Å². The molecule has 0 unspecified atom stereocenters. The van der Waals surface area contributed by atoms with Crippen molar-refractivity contribution in [3.63, 3.8) is 0 Å². The maximum Gasteiger partial charge on any atom is 0.126 e. The molecule has 5 heteroatoms. The fraction of sp³-hybridized carbons (Fsp3) is 0.160. The van der Waals surface area contributed by atoms with Crippen molar-refractivity contribution in [2.75, 3.05) is 23.7 Å². The first-order chi connectivity index (χ1) is 14.7. The van der Waals surface area contributed by atoms with Crippen LogP contribution in [0.4, 0.5) is 11.5 Å². The lowest BCUT2D eigenvalue weighted by Crippen LogP contribution is -2.06. The van der Waals surface area contributed by atoms with Crippen molar-refractivity contribution >= 4 is 45.6 Å². The summed E-state index contributed by atoms with van der Waals surface area (Å²) in [5.74, 6) is 0.884. The quantitative estimate of drug-likeness (QED) is 0.317. The molecule has 1 aromatic heterocycles. The van der Waals surface area contributed by atoms with Crippen molar-refractivity contribution in [3.8, 4) is 0 Å². The highest BCUT2D eigenvalue weighted by molar-refractivity contribution is 6.30. The van der Waals surface area contributed by atoms with E-state index in [4.69, 9.17) is 28.2 Å². The van der Waals surface area contributed by atoms with Crippen molar-refractivity contribution < 1.29 is 0 Å². The van der Waals surface area contributed by atoms with E-state index in [2.05, 4.69) is 59.2 Å². The van der Waals surface area contributed by atoms with Crippen LogP contribution in [0, 0.1) is 0 Å². The van der Waals surface area contributed by atoms with Gasteiger partial charge in [0.15, 0.2) is 0 Å². The molecule has 0 atom stereocenters. The molecule has 3 nitrogen and oxygen atoms in total. The lowest BCUT2D eigenvalue weighted by atomic mass is 10.1. The zero-order valence-electron chi connectivity index (χ0n) is 16.5. The van der Waals surface area contributed by atoms with Gasteiger partial charge in [-0.15, -0.1) is 0 Å². The molecule has 2 N–H and O–H groups in total. The van der Waals surface area contributed by atoms with Gasteiger partial charge >= 0.3 is 0 Å². The summed E-state index contributed by atoms with van der Waals surface area (Å²) in [7, 11) is 0. The molecule has 152 valence electrons. The van der Waals surface area contributed by atoms with Gasteiger partial charge in [0.25, 0.3) is 0 Å². The highest BCUT2D eigenvalue weighted by atomic mass is 35.5. The number of aromatic nitrogens is 1. The third-order valence-electron chi connectivity index (χ3n) is 4.98. The number of benzene rings is 3. The van der Waals surface area contributed by atoms with Gasteiger partial charge in [0.2, 0.25) is 0 Å². The van der Waals surface area contributed by atoms with Gasteiger partial charge in [-0.3, -0.25) is 0 Å². The van der Waals surface area contributed by atoms with Gasteiger partial charge in [0.05, 0.1) is 5.52 Å². The number of anilines is 2. The third-order valence-corrected chi connectivity index (χ3v) is 5.49. The third kappa shape index (κ3) is 5.65. The zero-order valence-corrected chi connectivity index (χ0v) is 18.0. The second-order valence-corrected chi connectivity index (χ2v) is 8.08. The highest BCUT2D eigenvalue weighted by Gasteiger charge is 2.02. The van der Waals surface area contributed by atoms with Crippen LogP contribution >= 0.6 is 23.2 Å². The van der Waals surface area contributed by atoms with E-state index in [0.717, 1.165) is 58.4 Å². The lowest BCUT2D eigenvalue weighted by Gasteiger charge is -2.10. The summed E-state index contributed by atoms with van der Waals surface area (Å²) in [6.07, 6.45) is 1.86. The van der Waals surface area contributed by atoms with Gasteiger partial charge in [-0.2, -0.15) is 0 Å². The number of halogens is 2. The summed E-state index contributed by atoms with van der Waals surface area (Å²) in [5.41, 5.74) is 4.56. The minimum absolute atomic E-state index is 0.764. The van der Waals surface area contributed by atoms with Crippen LogP contribution < -0.4 is 10.6 Å². The van der Waals surface area contributed by atoms with E-state index in [1.165, 1.54) is 11.1 Å². The molecule has 0 radical (unpaired) electrons. The number of pyridine rings is 1. The van der Waals surface area contributed by atoms with Crippen LogP contribution in [0.5, 0.6) is 0 Å². The molecule has 3 aromatic carbocycles. The van der Waals surface area contributed by atoms with E-state index in [1.807, 2.05) is 30.3 Å². The van der Waals surface area contributed by atoms with E-state index in [-0.39, 0.29) is 0 Å². The molecule has 1 heterocycles. The van der Waals surface area contributed by atoms with Crippen LogP contribution in [0.15, 0.2) is 78.9 Å². The normalized spacial score (nSPS) is 10.9. The lowest BCUT2D eigenvalue weighted by molar-refractivity contribution is 1.01. The molecular weight excluding hydrogens is 413 g/mol. The number of rotatable bonds is 8. The Labute approximate surface area is 187 Å². The Kier molecular flexibility index (Phi) is 6.73. The molecular formula is C25H23Cl2N3. The molecule has 0 aliphatic rings. The smallest absolute Gasteiger partial charge is 0.126 e. The zero-order chi connectivity index (χ0) is 20.8. The molecule has 0 bridgehead atoms. The van der Waals surface area contributed by atoms with Crippen molar-refractivity contribution in [2.24, 2.45) is 0 Å². The average Bonchev–Trinajstić information content (AvgIpc) is 2.76. The summed E-state index contributed by atoms with van der Waals surface area (Å²) >= 11 is 11.9. The number of nitrogens with zero attached hydrogens (tertiary/aromatic N) is 1. The van der Waals surface area contributed by atoms with E-state index in [1.54, 1.807) is 0 Å². The van der Waals surface area contributed by atoms with Gasteiger partial charge in [-0.05, 0) is 72.5 Å². The van der Waals surface area contributed by atoms with Crippen LogP contribution in [0.25, 0.3) is 10.9 Å². The summed E-state index contributed by atoms with van der Waals surface area (Å²) in [5, 5.41) is 9.56. The van der Waals surface area contributed by atoms with Crippen LogP contribution in [0.2, 0.25) is 10.0 Å². The fourth-order valence-electron chi connectivity index (χ4n) is 3.31. The highest BCUT2D eigenvalue weighted by Crippen LogP contribution is 2.20. The van der Waals surface area contributed by atoms with Crippen molar-refractivity contribution in [1.29, 1.82) is 0 Å². The monoisotopic (exact) mass is 435 g/mol. The summed E-state index contributed by atoms with van der Waals surface area (Å²) in [6.45, 7) is 1.67. The number of fused-ring (bicyclic) bond motifs is 1. The average molecular weight is 436 g/mol. The molecule has 4 aromatic rings. The Hall–Kier alpha value is -2.75. The molecule has 30 heavy (non-hydrogen) atoms. The van der Waals surface area contributed by atoms with E-state index < -0.39 is 0 Å². The van der Waals surface area contributed by atoms with Crippen LogP contribution in [0.3, 0.4) is 0 Å². The Balaban J connectivity index is 1.34. The maximum atomic E-state index is 5.95. The van der Waals surface area contributed by atoms with Gasteiger partial charge in [-0.25, -0.2) is 4.98 Å². The molecule has 0 saturated carbocycles. The van der Waals surface area contributed by atoms with Crippen molar-refractivity contribution in [2.45, 2.75) is 12.8 Å². The first-order valence-electron chi connectivity index (χ1n) is 10.0. The number of hydrogen-bond donors (Lipinski definition) is 2. The van der Waals surface area contributed by atoms with Gasteiger partial charge < -0.3 is 10.6 Å². The SMILES string of the molecule is Clc1ccc(CCNc2ccc3ccc(NCCc4ccc(Cl)cc4)nc3c2)cc1. The minimum Gasteiger partial charge on any atom is -0.385 e. The summed E-state index contributed by atoms with van der Waals surface area (Å²) < 4.78 is 0. The Bertz CT molecular complexity index is 1020. The summed E-state index contributed by atoms with van der Waals surface area (Å²) in [4.78, 5) is 4.77. The number of nitrogens with one attached hydrogen (secondary N) is 2. The van der Waals surface area contributed by atoms with Gasteiger partial charge in [0.1, 0.15) is 5.82 Å². The molecule has 4 rings (SSSR count). The predicted octanol–water partition coefficient (Wildman–Crippen LogP) is 6.85. The first-order valence-corrected chi connectivity index (χ1v) is 10.8. The van der Waals surface area contributed by atoms with Crippen molar-refractivity contribution in [3.05, 3.63) is 100 Å². The Morgan fingerprint density at radius 3 is 1.83 bits per heavy atom. The summed E-state index contributed by atoms with van der Waals surface area (Å²) in [6, 6.07) is 26.4. The van der Waals surface area contributed by atoms with Crippen LogP contribution in [-0.4, -0.2) is 18.1 Å². The van der Waals surface area contributed by atoms with Gasteiger partial charge in [0, 0.05) is 34.2 Å². The molecule has 0 saturated heterocycles. The molecule has 0 fully saturated rings. The molecule has 0 aliphatic heterocycles. The standard InChI is InChI=1S/C25H23Cl2N3/c26-21-7-1-18(2-8-21)13-15-28-23-11-5-20-6-12-25(30-24(20)17-23)29-16-14-19-3-9-22(27)10-4-19/h1-12,17,28H,13-16H2,(H,29,30). The topological polar surface area (TPSA) is 37.0 Å². The Morgan fingerprint density at radius 2 is 1.20 bits per heavy atom. The number of hydrogen-bond acceptors (Lipinski definition) is 3. The minimum atomic E-state index is 0.764. The molecule has 0 amide bonds. The van der Waals surface area contributed by atoms with E-state index >= 15 is 0 Å². The molecule has 0 spiro atoms.